The summed E-state index contributed by atoms with van der Waals surface area (Å²) in [7, 11) is 0. The fourth-order valence-corrected chi connectivity index (χ4v) is 1.80. The number of halogens is 2. The van der Waals surface area contributed by atoms with Gasteiger partial charge in [-0.15, -0.1) is 0 Å². The van der Waals surface area contributed by atoms with Gasteiger partial charge in [-0.25, -0.2) is 8.78 Å². The number of aliphatic hydroxyl groups excluding tert-OH is 1. The minimum Gasteiger partial charge on any atom is -0.493 e. The van der Waals surface area contributed by atoms with Crippen molar-refractivity contribution in [1.29, 1.82) is 0 Å². The average molecular weight is 243 g/mol. The number of aliphatic hydroxyl groups is 1. The van der Waals surface area contributed by atoms with E-state index >= 15 is 0 Å². The first kappa shape index (κ1) is 12.3. The Morgan fingerprint density at radius 2 is 2.24 bits per heavy atom. The maximum absolute atomic E-state index is 12.0. The Bertz CT molecular complexity index is 385. The van der Waals surface area contributed by atoms with Crippen LogP contribution < -0.4 is 10.1 Å². The third-order valence-electron chi connectivity index (χ3n) is 2.73. The van der Waals surface area contributed by atoms with Crippen molar-refractivity contribution in [2.75, 3.05) is 13.2 Å². The van der Waals surface area contributed by atoms with Gasteiger partial charge in [0, 0.05) is 19.5 Å². The molecule has 0 aromatic heterocycles. The van der Waals surface area contributed by atoms with Gasteiger partial charge in [0.05, 0.1) is 6.61 Å². The second kappa shape index (κ2) is 5.42. The van der Waals surface area contributed by atoms with Crippen molar-refractivity contribution in [3.05, 3.63) is 29.3 Å². The summed E-state index contributed by atoms with van der Waals surface area (Å²) in [5.41, 5.74) is 2.16. The number of ether oxygens (including phenoxy) is 1. The second-order valence-electron chi connectivity index (χ2n) is 4.07. The van der Waals surface area contributed by atoms with Crippen molar-refractivity contribution in [1.82, 2.24) is 5.32 Å². The minimum absolute atomic E-state index is 0.106. The third-order valence-corrected chi connectivity index (χ3v) is 2.73. The predicted molar refractivity (Wildman–Crippen MR) is 59.4 cm³/mol. The number of nitrogens with one attached hydrogen (secondary N) is 1. The van der Waals surface area contributed by atoms with Gasteiger partial charge in [-0.3, -0.25) is 0 Å². The SMILES string of the molecule is OC(CNCc1ccc2c(c1)CCO2)C(F)F. The summed E-state index contributed by atoms with van der Waals surface area (Å²) < 4.78 is 29.4. The molecule has 0 aliphatic carbocycles. The van der Waals surface area contributed by atoms with E-state index in [1.807, 2.05) is 18.2 Å². The van der Waals surface area contributed by atoms with Crippen LogP contribution in [0.1, 0.15) is 11.1 Å². The van der Waals surface area contributed by atoms with E-state index in [9.17, 15) is 8.78 Å². The van der Waals surface area contributed by atoms with Gasteiger partial charge in [0.1, 0.15) is 11.9 Å². The molecule has 1 aliphatic rings. The average Bonchev–Trinajstić information content (AvgIpc) is 2.75. The molecule has 0 radical (unpaired) electrons. The molecular weight excluding hydrogens is 228 g/mol. The first-order valence-corrected chi connectivity index (χ1v) is 5.58. The van der Waals surface area contributed by atoms with Gasteiger partial charge in [-0.05, 0) is 17.2 Å². The summed E-state index contributed by atoms with van der Waals surface area (Å²) in [6, 6.07) is 5.79. The molecule has 1 unspecified atom stereocenters. The lowest BCUT2D eigenvalue weighted by molar-refractivity contribution is -0.00340. The van der Waals surface area contributed by atoms with E-state index in [2.05, 4.69) is 5.32 Å². The van der Waals surface area contributed by atoms with E-state index in [1.165, 1.54) is 0 Å². The number of rotatable bonds is 5. The molecular formula is C12H15F2NO2. The van der Waals surface area contributed by atoms with E-state index in [0.717, 1.165) is 23.3 Å². The molecule has 0 fully saturated rings. The van der Waals surface area contributed by atoms with Gasteiger partial charge >= 0.3 is 0 Å². The van der Waals surface area contributed by atoms with Crippen LogP contribution in [0.4, 0.5) is 8.78 Å². The lowest BCUT2D eigenvalue weighted by Gasteiger charge is -2.11. The van der Waals surface area contributed by atoms with Crippen LogP contribution >= 0.6 is 0 Å². The molecule has 1 atom stereocenters. The molecule has 1 aromatic rings. The van der Waals surface area contributed by atoms with E-state index < -0.39 is 12.5 Å². The van der Waals surface area contributed by atoms with E-state index in [1.54, 1.807) is 0 Å². The molecule has 3 nitrogen and oxygen atoms in total. The lowest BCUT2D eigenvalue weighted by atomic mass is 10.1. The van der Waals surface area contributed by atoms with E-state index in [4.69, 9.17) is 9.84 Å². The summed E-state index contributed by atoms with van der Waals surface area (Å²) in [5.74, 6) is 0.904. The summed E-state index contributed by atoms with van der Waals surface area (Å²) in [5, 5.41) is 11.7. The summed E-state index contributed by atoms with van der Waals surface area (Å²) in [6.07, 6.45) is -3.41. The molecule has 2 rings (SSSR count). The van der Waals surface area contributed by atoms with Crippen LogP contribution in [0.3, 0.4) is 0 Å². The number of hydrogen-bond donors (Lipinski definition) is 2. The van der Waals surface area contributed by atoms with Gasteiger partial charge < -0.3 is 15.2 Å². The fraction of sp³-hybridized carbons (Fsp3) is 0.500. The quantitative estimate of drug-likeness (QED) is 0.820. The van der Waals surface area contributed by atoms with E-state index in [-0.39, 0.29) is 6.54 Å². The van der Waals surface area contributed by atoms with Crippen LogP contribution in [0.25, 0.3) is 0 Å². The molecule has 5 heteroatoms. The van der Waals surface area contributed by atoms with Gasteiger partial charge in [0.25, 0.3) is 6.43 Å². The zero-order chi connectivity index (χ0) is 12.3. The largest absolute Gasteiger partial charge is 0.493 e. The Morgan fingerprint density at radius 3 is 3.00 bits per heavy atom. The van der Waals surface area contributed by atoms with Crippen LogP contribution in [0.2, 0.25) is 0 Å². The lowest BCUT2D eigenvalue weighted by Crippen LogP contribution is -2.31. The maximum atomic E-state index is 12.0. The third kappa shape index (κ3) is 3.14. The van der Waals surface area contributed by atoms with Gasteiger partial charge in [-0.2, -0.15) is 0 Å². The topological polar surface area (TPSA) is 41.5 Å². The normalized spacial score (nSPS) is 15.8. The van der Waals surface area contributed by atoms with Crippen molar-refractivity contribution in [2.45, 2.75) is 25.5 Å². The standard InChI is InChI=1S/C12H15F2NO2/c13-12(14)10(16)7-15-6-8-1-2-11-9(5-8)3-4-17-11/h1-2,5,10,12,15-16H,3-4,6-7H2. The minimum atomic E-state index is -2.70. The molecule has 1 heterocycles. The summed E-state index contributed by atoms with van der Waals surface area (Å²) in [4.78, 5) is 0. The highest BCUT2D eigenvalue weighted by Gasteiger charge is 2.16. The molecule has 94 valence electrons. The molecule has 0 saturated heterocycles. The van der Waals surface area contributed by atoms with Crippen molar-refractivity contribution < 1.29 is 18.6 Å². The molecule has 17 heavy (non-hydrogen) atoms. The number of alkyl halides is 2. The zero-order valence-electron chi connectivity index (χ0n) is 9.33. The molecule has 0 spiro atoms. The highest BCUT2D eigenvalue weighted by Crippen LogP contribution is 2.25. The Kier molecular flexibility index (Phi) is 3.91. The summed E-state index contributed by atoms with van der Waals surface area (Å²) >= 11 is 0. The number of benzene rings is 1. The molecule has 0 saturated carbocycles. The van der Waals surface area contributed by atoms with Crippen LogP contribution in [0, 0.1) is 0 Å². The number of hydrogen-bond acceptors (Lipinski definition) is 3. The monoisotopic (exact) mass is 243 g/mol. The molecule has 0 bridgehead atoms. The number of fused-ring (bicyclic) bond motifs is 1. The predicted octanol–water partition coefficient (Wildman–Crippen LogP) is 1.34. The maximum Gasteiger partial charge on any atom is 0.265 e. The van der Waals surface area contributed by atoms with Crippen molar-refractivity contribution in [2.24, 2.45) is 0 Å². The fourth-order valence-electron chi connectivity index (χ4n) is 1.80. The Morgan fingerprint density at radius 1 is 1.41 bits per heavy atom. The summed E-state index contributed by atoms with van der Waals surface area (Å²) in [6.45, 7) is 1.07. The zero-order valence-corrected chi connectivity index (χ0v) is 9.33. The molecule has 1 aromatic carbocycles. The van der Waals surface area contributed by atoms with Crippen LogP contribution in [-0.4, -0.2) is 30.8 Å². The molecule has 0 amide bonds. The van der Waals surface area contributed by atoms with Crippen LogP contribution in [0.5, 0.6) is 5.75 Å². The highest BCUT2D eigenvalue weighted by atomic mass is 19.3. The molecule has 1 aliphatic heterocycles. The van der Waals surface area contributed by atoms with Crippen LogP contribution in [0.15, 0.2) is 18.2 Å². The molecule has 2 N–H and O–H groups in total. The van der Waals surface area contributed by atoms with Gasteiger partial charge in [0.2, 0.25) is 0 Å². The Balaban J connectivity index is 1.83. The van der Waals surface area contributed by atoms with Crippen LogP contribution in [-0.2, 0) is 13.0 Å². The second-order valence-corrected chi connectivity index (χ2v) is 4.07. The van der Waals surface area contributed by atoms with Crippen molar-refractivity contribution in [3.63, 3.8) is 0 Å². The first-order chi connectivity index (χ1) is 8.16. The van der Waals surface area contributed by atoms with Gasteiger partial charge in [-0.1, -0.05) is 12.1 Å². The first-order valence-electron chi connectivity index (χ1n) is 5.58. The van der Waals surface area contributed by atoms with Crippen molar-refractivity contribution >= 4 is 0 Å². The smallest absolute Gasteiger partial charge is 0.265 e. The Labute approximate surface area is 98.4 Å². The van der Waals surface area contributed by atoms with Crippen molar-refractivity contribution in [3.8, 4) is 5.75 Å². The Hall–Kier alpha value is -1.20. The van der Waals surface area contributed by atoms with E-state index in [0.29, 0.717) is 13.2 Å². The van der Waals surface area contributed by atoms with Gasteiger partial charge in [0.15, 0.2) is 0 Å². The highest BCUT2D eigenvalue weighted by molar-refractivity contribution is 5.39.